The monoisotopic (exact) mass is 327 g/mol. The van der Waals surface area contributed by atoms with Crippen molar-refractivity contribution in [3.8, 4) is 5.75 Å². The van der Waals surface area contributed by atoms with Crippen molar-refractivity contribution in [3.63, 3.8) is 0 Å². The van der Waals surface area contributed by atoms with E-state index < -0.39 is 12.1 Å². The Hall–Kier alpha value is -2.82. The number of anilines is 1. The number of rotatable bonds is 5. The Labute approximate surface area is 141 Å². The van der Waals surface area contributed by atoms with Gasteiger partial charge in [0, 0.05) is 5.69 Å². The molecule has 2 rings (SSSR count). The third kappa shape index (κ3) is 4.13. The fourth-order valence-electron chi connectivity index (χ4n) is 2.31. The van der Waals surface area contributed by atoms with Crippen LogP contribution in [0.15, 0.2) is 42.5 Å². The Morgan fingerprint density at radius 1 is 1.04 bits per heavy atom. The Bertz CT molecular complexity index is 735. The lowest BCUT2D eigenvalue weighted by Crippen LogP contribution is -2.30. The number of para-hydroxylation sites is 1. The van der Waals surface area contributed by atoms with Gasteiger partial charge in [0.2, 0.25) is 0 Å². The van der Waals surface area contributed by atoms with Gasteiger partial charge in [-0.2, -0.15) is 0 Å². The fourth-order valence-corrected chi connectivity index (χ4v) is 2.31. The quantitative estimate of drug-likeness (QED) is 0.854. The smallest absolute Gasteiger partial charge is 0.337 e. The molecule has 1 N–H and O–H groups in total. The summed E-state index contributed by atoms with van der Waals surface area (Å²) in [6.45, 7) is 5.54. The first-order chi connectivity index (χ1) is 11.4. The highest BCUT2D eigenvalue weighted by Crippen LogP contribution is 2.21. The van der Waals surface area contributed by atoms with Crippen molar-refractivity contribution < 1.29 is 19.1 Å². The average molecular weight is 327 g/mol. The molecule has 0 spiro atoms. The van der Waals surface area contributed by atoms with E-state index in [4.69, 9.17) is 4.74 Å². The van der Waals surface area contributed by atoms with Crippen LogP contribution in [0.5, 0.6) is 5.75 Å². The molecule has 0 unspecified atom stereocenters. The van der Waals surface area contributed by atoms with Crippen molar-refractivity contribution in [2.45, 2.75) is 26.9 Å². The number of benzene rings is 2. The molecule has 0 aliphatic rings. The molecule has 5 nitrogen and oxygen atoms in total. The molecule has 0 radical (unpaired) electrons. The van der Waals surface area contributed by atoms with Crippen LogP contribution in [0.2, 0.25) is 0 Å². The van der Waals surface area contributed by atoms with E-state index in [1.807, 2.05) is 32.0 Å². The van der Waals surface area contributed by atoms with Gasteiger partial charge in [-0.1, -0.05) is 24.3 Å². The number of hydrogen-bond acceptors (Lipinski definition) is 4. The van der Waals surface area contributed by atoms with E-state index in [9.17, 15) is 9.59 Å². The molecule has 5 heteroatoms. The van der Waals surface area contributed by atoms with Crippen LogP contribution in [0.3, 0.4) is 0 Å². The van der Waals surface area contributed by atoms with Crippen LogP contribution in [-0.2, 0) is 9.53 Å². The molecule has 0 fully saturated rings. The minimum absolute atomic E-state index is 0.254. The van der Waals surface area contributed by atoms with Crippen LogP contribution in [0.1, 0.15) is 28.4 Å². The molecule has 1 atom stereocenters. The summed E-state index contributed by atoms with van der Waals surface area (Å²) in [6, 6.07) is 12.4. The number of esters is 1. The van der Waals surface area contributed by atoms with Crippen molar-refractivity contribution in [1.29, 1.82) is 0 Å². The first-order valence-electron chi connectivity index (χ1n) is 7.64. The summed E-state index contributed by atoms with van der Waals surface area (Å²) >= 11 is 0. The van der Waals surface area contributed by atoms with Crippen molar-refractivity contribution in [2.75, 3.05) is 12.4 Å². The Morgan fingerprint density at radius 3 is 2.29 bits per heavy atom. The molecule has 2 aromatic carbocycles. The number of carbonyl (C=O) groups is 2. The normalized spacial score (nSPS) is 11.5. The number of aryl methyl sites for hydroxylation is 2. The minimum Gasteiger partial charge on any atom is -0.481 e. The molecular formula is C19H21NO4. The second-order valence-electron chi connectivity index (χ2n) is 5.54. The first kappa shape index (κ1) is 17.5. The van der Waals surface area contributed by atoms with E-state index in [2.05, 4.69) is 10.1 Å². The molecule has 2 aromatic rings. The maximum Gasteiger partial charge on any atom is 0.337 e. The summed E-state index contributed by atoms with van der Waals surface area (Å²) < 4.78 is 10.3. The van der Waals surface area contributed by atoms with Gasteiger partial charge in [-0.15, -0.1) is 0 Å². The molecule has 24 heavy (non-hydrogen) atoms. The van der Waals surface area contributed by atoms with Gasteiger partial charge >= 0.3 is 5.97 Å². The number of nitrogens with one attached hydrogen (secondary N) is 1. The maximum atomic E-state index is 12.4. The van der Waals surface area contributed by atoms with Crippen molar-refractivity contribution in [1.82, 2.24) is 0 Å². The molecule has 0 aromatic heterocycles. The maximum absolute atomic E-state index is 12.4. The van der Waals surface area contributed by atoms with E-state index in [-0.39, 0.29) is 5.91 Å². The summed E-state index contributed by atoms with van der Waals surface area (Å²) in [5, 5.41) is 2.89. The van der Waals surface area contributed by atoms with Crippen LogP contribution in [0.25, 0.3) is 0 Å². The zero-order valence-electron chi connectivity index (χ0n) is 14.3. The lowest BCUT2D eigenvalue weighted by atomic mass is 10.1. The van der Waals surface area contributed by atoms with Crippen LogP contribution in [0, 0.1) is 13.8 Å². The fraction of sp³-hybridized carbons (Fsp3) is 0.263. The van der Waals surface area contributed by atoms with Gasteiger partial charge in [0.1, 0.15) is 5.75 Å². The highest BCUT2D eigenvalue weighted by atomic mass is 16.5. The zero-order valence-corrected chi connectivity index (χ0v) is 14.3. The van der Waals surface area contributed by atoms with Gasteiger partial charge in [-0.25, -0.2) is 4.79 Å². The van der Waals surface area contributed by atoms with Gasteiger partial charge in [-0.05, 0) is 50.1 Å². The van der Waals surface area contributed by atoms with Crippen molar-refractivity contribution in [2.24, 2.45) is 0 Å². The molecule has 0 saturated carbocycles. The Balaban J connectivity index is 2.08. The summed E-state index contributed by atoms with van der Waals surface area (Å²) in [7, 11) is 1.32. The van der Waals surface area contributed by atoms with Gasteiger partial charge in [0.15, 0.2) is 6.10 Å². The standard InChI is InChI=1S/C19H21NO4/c1-12-7-5-8-13(2)17(12)20-18(21)14(3)24-16-10-6-9-15(11-16)19(22)23-4/h5-11,14H,1-4H3,(H,20,21)/t14-/m1/s1. The van der Waals surface area contributed by atoms with Crippen LogP contribution < -0.4 is 10.1 Å². The Morgan fingerprint density at radius 2 is 1.67 bits per heavy atom. The van der Waals surface area contributed by atoms with E-state index >= 15 is 0 Å². The summed E-state index contributed by atoms with van der Waals surface area (Å²) in [4.78, 5) is 23.9. The SMILES string of the molecule is COC(=O)c1cccc(O[C@H](C)C(=O)Nc2c(C)cccc2C)c1. The number of ether oxygens (including phenoxy) is 2. The summed E-state index contributed by atoms with van der Waals surface area (Å²) in [6.07, 6.45) is -0.711. The number of carbonyl (C=O) groups excluding carboxylic acids is 2. The van der Waals surface area contributed by atoms with Crippen molar-refractivity contribution in [3.05, 3.63) is 59.2 Å². The molecule has 126 valence electrons. The topological polar surface area (TPSA) is 64.6 Å². The first-order valence-corrected chi connectivity index (χ1v) is 7.64. The van der Waals surface area contributed by atoms with Crippen LogP contribution >= 0.6 is 0 Å². The minimum atomic E-state index is -0.711. The second-order valence-corrected chi connectivity index (χ2v) is 5.54. The molecule has 1 amide bonds. The van der Waals surface area contributed by atoms with E-state index in [1.54, 1.807) is 31.2 Å². The van der Waals surface area contributed by atoms with E-state index in [1.165, 1.54) is 7.11 Å². The van der Waals surface area contributed by atoms with Gasteiger partial charge < -0.3 is 14.8 Å². The highest BCUT2D eigenvalue weighted by molar-refractivity contribution is 5.95. The lowest BCUT2D eigenvalue weighted by molar-refractivity contribution is -0.122. The van der Waals surface area contributed by atoms with Gasteiger partial charge in [0.25, 0.3) is 5.91 Å². The Kier molecular flexibility index (Phi) is 5.58. The molecule has 0 heterocycles. The third-order valence-electron chi connectivity index (χ3n) is 3.67. The lowest BCUT2D eigenvalue weighted by Gasteiger charge is -2.17. The summed E-state index contributed by atoms with van der Waals surface area (Å²) in [5.41, 5.74) is 3.14. The number of amides is 1. The predicted molar refractivity (Wildman–Crippen MR) is 92.4 cm³/mol. The van der Waals surface area contributed by atoms with Gasteiger partial charge in [-0.3, -0.25) is 4.79 Å². The molecular weight excluding hydrogens is 306 g/mol. The second kappa shape index (κ2) is 7.64. The molecule has 0 aliphatic carbocycles. The molecule has 0 bridgehead atoms. The van der Waals surface area contributed by atoms with Gasteiger partial charge in [0.05, 0.1) is 12.7 Å². The molecule has 0 saturated heterocycles. The van der Waals surface area contributed by atoms with Crippen LogP contribution in [0.4, 0.5) is 5.69 Å². The largest absolute Gasteiger partial charge is 0.481 e. The van der Waals surface area contributed by atoms with Crippen LogP contribution in [-0.4, -0.2) is 25.1 Å². The average Bonchev–Trinajstić information content (AvgIpc) is 2.57. The highest BCUT2D eigenvalue weighted by Gasteiger charge is 2.17. The number of hydrogen-bond donors (Lipinski definition) is 1. The predicted octanol–water partition coefficient (Wildman–Crippen LogP) is 3.50. The zero-order chi connectivity index (χ0) is 17.7. The van der Waals surface area contributed by atoms with Crippen molar-refractivity contribution >= 4 is 17.6 Å². The van der Waals surface area contributed by atoms with E-state index in [0.29, 0.717) is 11.3 Å². The number of methoxy groups -OCH3 is 1. The van der Waals surface area contributed by atoms with E-state index in [0.717, 1.165) is 16.8 Å². The third-order valence-corrected chi connectivity index (χ3v) is 3.67. The molecule has 0 aliphatic heterocycles. The summed E-state index contributed by atoms with van der Waals surface area (Å²) in [5.74, 6) is -0.272.